The molecule has 0 saturated heterocycles. The van der Waals surface area contributed by atoms with E-state index in [0.717, 1.165) is 11.1 Å². The number of ether oxygens (including phenoxy) is 4. The maximum Gasteiger partial charge on any atom is 0.319 e. The first kappa shape index (κ1) is 26.4. The van der Waals surface area contributed by atoms with E-state index in [-0.39, 0.29) is 11.2 Å². The van der Waals surface area contributed by atoms with Crippen molar-refractivity contribution in [3.8, 4) is 34.1 Å². The van der Waals surface area contributed by atoms with Gasteiger partial charge in [0.1, 0.15) is 0 Å². The van der Waals surface area contributed by atoms with Crippen LogP contribution in [0.1, 0.15) is 23.6 Å². The summed E-state index contributed by atoms with van der Waals surface area (Å²) in [4.78, 5) is 26.1. The van der Waals surface area contributed by atoms with Gasteiger partial charge in [0.2, 0.25) is 11.2 Å². The number of hydrogen-bond acceptors (Lipinski definition) is 6. The largest absolute Gasteiger partial charge is 0.493 e. The summed E-state index contributed by atoms with van der Waals surface area (Å²) in [5, 5.41) is 6.30. The summed E-state index contributed by atoms with van der Waals surface area (Å²) in [6, 6.07) is 10.6. The third-order valence-corrected chi connectivity index (χ3v) is 6.86. The van der Waals surface area contributed by atoms with Crippen LogP contribution in [0.25, 0.3) is 11.1 Å². The van der Waals surface area contributed by atoms with Gasteiger partial charge in [0.05, 0.1) is 50.2 Å². The van der Waals surface area contributed by atoms with Crippen molar-refractivity contribution < 1.29 is 23.7 Å². The van der Waals surface area contributed by atoms with Crippen LogP contribution in [0.5, 0.6) is 23.0 Å². The van der Waals surface area contributed by atoms with E-state index < -0.39 is 12.1 Å². The molecule has 2 N–H and O–H groups in total. The van der Waals surface area contributed by atoms with Gasteiger partial charge in [-0.25, -0.2) is 4.79 Å². The van der Waals surface area contributed by atoms with Crippen LogP contribution in [0.4, 0.5) is 10.5 Å². The van der Waals surface area contributed by atoms with E-state index >= 15 is 0 Å². The predicted octanol–water partition coefficient (Wildman–Crippen LogP) is 5.86. The van der Waals surface area contributed by atoms with Gasteiger partial charge in [-0.3, -0.25) is 4.79 Å². The van der Waals surface area contributed by atoms with Gasteiger partial charge in [-0.05, 0) is 59.9 Å². The molecule has 0 fully saturated rings. The highest BCUT2D eigenvalue weighted by molar-refractivity contribution is 6.39. The number of urea groups is 1. The monoisotopic (exact) mass is 544 g/mol. The summed E-state index contributed by atoms with van der Waals surface area (Å²) >= 11 is 12.5. The zero-order chi connectivity index (χ0) is 26.7. The van der Waals surface area contributed by atoms with Crippen LogP contribution in [0, 0.1) is 0 Å². The molecule has 194 valence electrons. The van der Waals surface area contributed by atoms with Crippen LogP contribution in [0.15, 0.2) is 47.3 Å². The molecule has 1 aliphatic rings. The molecule has 0 bridgehead atoms. The Kier molecular flexibility index (Phi) is 8.00. The van der Waals surface area contributed by atoms with Crippen LogP contribution >= 0.6 is 23.2 Å². The van der Waals surface area contributed by atoms with E-state index in [0.29, 0.717) is 56.9 Å². The highest BCUT2D eigenvalue weighted by Gasteiger charge is 2.30. The van der Waals surface area contributed by atoms with Crippen LogP contribution in [0.2, 0.25) is 10.0 Å². The third-order valence-electron chi connectivity index (χ3n) is 6.23. The molecule has 2 amide bonds. The van der Waals surface area contributed by atoms with Gasteiger partial charge in [-0.2, -0.15) is 0 Å². The number of nitrogens with one attached hydrogen (secondary N) is 2. The topological polar surface area (TPSA) is 95.1 Å². The second kappa shape index (κ2) is 11.2. The van der Waals surface area contributed by atoms with E-state index in [9.17, 15) is 9.59 Å². The molecule has 3 aromatic rings. The van der Waals surface area contributed by atoms with Crippen LogP contribution in [-0.2, 0) is 6.42 Å². The normalized spacial score (nSPS) is 13.9. The van der Waals surface area contributed by atoms with Gasteiger partial charge in [-0.1, -0.05) is 35.3 Å². The SMILES string of the molecule is COc1cc2c(c(OC)c1OC)-c1ccc(OC)c(=O)cc1[C@@H](NC(=O)Nc1c(Cl)cccc1Cl)CC2. The van der Waals surface area contributed by atoms with E-state index in [1.807, 2.05) is 6.07 Å². The minimum atomic E-state index is -0.546. The smallest absolute Gasteiger partial charge is 0.319 e. The number of rotatable bonds is 6. The number of anilines is 1. The number of halogens is 2. The fourth-order valence-corrected chi connectivity index (χ4v) is 5.03. The van der Waals surface area contributed by atoms with Crippen molar-refractivity contribution in [2.75, 3.05) is 33.8 Å². The number of para-hydroxylation sites is 1. The van der Waals surface area contributed by atoms with E-state index in [1.54, 1.807) is 44.6 Å². The van der Waals surface area contributed by atoms with Gasteiger partial charge in [0.15, 0.2) is 17.2 Å². The number of fused-ring (bicyclic) bond motifs is 3. The van der Waals surface area contributed by atoms with Gasteiger partial charge in [0, 0.05) is 5.56 Å². The van der Waals surface area contributed by atoms with Crippen molar-refractivity contribution in [1.29, 1.82) is 0 Å². The fraction of sp³-hybridized carbons (Fsp3) is 0.259. The lowest BCUT2D eigenvalue weighted by Crippen LogP contribution is -2.33. The molecule has 1 atom stereocenters. The average Bonchev–Trinajstić information content (AvgIpc) is 3.13. The number of carbonyl (C=O) groups is 1. The molecular formula is C27H26Cl2N2O6. The van der Waals surface area contributed by atoms with Crippen molar-refractivity contribution in [2.45, 2.75) is 18.9 Å². The molecule has 37 heavy (non-hydrogen) atoms. The zero-order valence-corrected chi connectivity index (χ0v) is 22.3. The molecule has 0 radical (unpaired) electrons. The van der Waals surface area contributed by atoms with Crippen molar-refractivity contribution in [3.05, 3.63) is 73.9 Å². The van der Waals surface area contributed by atoms with Crippen molar-refractivity contribution in [2.24, 2.45) is 0 Å². The molecule has 10 heteroatoms. The first-order valence-corrected chi connectivity index (χ1v) is 12.1. The fourth-order valence-electron chi connectivity index (χ4n) is 4.54. The molecule has 0 saturated carbocycles. The van der Waals surface area contributed by atoms with Gasteiger partial charge in [-0.15, -0.1) is 0 Å². The lowest BCUT2D eigenvalue weighted by Gasteiger charge is -2.20. The Bertz CT molecular complexity index is 1390. The summed E-state index contributed by atoms with van der Waals surface area (Å²) in [5.41, 5.74) is 2.90. The molecule has 4 rings (SSSR count). The maximum absolute atomic E-state index is 13.1. The summed E-state index contributed by atoms with van der Waals surface area (Å²) in [6.45, 7) is 0. The number of methoxy groups -OCH3 is 4. The first-order valence-electron chi connectivity index (χ1n) is 11.4. The van der Waals surface area contributed by atoms with Gasteiger partial charge in [0.25, 0.3) is 0 Å². The first-order chi connectivity index (χ1) is 17.8. The summed E-state index contributed by atoms with van der Waals surface area (Å²) in [6.07, 6.45) is 1.03. The number of amides is 2. The standard InChI is InChI=1S/C27H26Cl2N2O6/c1-34-21-11-9-15-16(13-20(21)32)19(30-27(33)31-24-17(28)6-5-7-18(24)29)10-8-14-12-22(35-2)25(36-3)26(37-4)23(14)15/h5-7,9,11-13,19H,8,10H2,1-4H3,(H2,30,31,33)/t19-/m0/s1. The number of aryl methyl sites for hydroxylation is 1. The molecular weight excluding hydrogens is 519 g/mol. The Labute approximate surface area is 224 Å². The maximum atomic E-state index is 13.1. The summed E-state index contributed by atoms with van der Waals surface area (Å²) < 4.78 is 22.2. The molecule has 0 unspecified atom stereocenters. The summed E-state index contributed by atoms with van der Waals surface area (Å²) in [7, 11) is 6.06. The molecule has 0 heterocycles. The Morgan fingerprint density at radius 2 is 1.57 bits per heavy atom. The predicted molar refractivity (Wildman–Crippen MR) is 144 cm³/mol. The Balaban J connectivity index is 1.86. The Hall–Kier alpha value is -3.62. The number of carbonyl (C=O) groups excluding carboxylic acids is 1. The van der Waals surface area contributed by atoms with Crippen molar-refractivity contribution in [3.63, 3.8) is 0 Å². The third kappa shape index (κ3) is 5.12. The van der Waals surface area contributed by atoms with Gasteiger partial charge >= 0.3 is 6.03 Å². The van der Waals surface area contributed by atoms with E-state index in [1.165, 1.54) is 20.3 Å². The molecule has 1 aliphatic carbocycles. The number of benzene rings is 2. The van der Waals surface area contributed by atoms with Crippen LogP contribution in [-0.4, -0.2) is 34.5 Å². The lowest BCUT2D eigenvalue weighted by atomic mass is 9.95. The average molecular weight is 545 g/mol. The molecule has 0 aromatic heterocycles. The van der Waals surface area contributed by atoms with Crippen molar-refractivity contribution >= 4 is 34.9 Å². The van der Waals surface area contributed by atoms with Crippen LogP contribution in [0.3, 0.4) is 0 Å². The zero-order valence-electron chi connectivity index (χ0n) is 20.7. The summed E-state index contributed by atoms with van der Waals surface area (Å²) in [5.74, 6) is 1.57. The minimum Gasteiger partial charge on any atom is -0.493 e. The highest BCUT2D eigenvalue weighted by atomic mass is 35.5. The molecule has 0 aliphatic heterocycles. The van der Waals surface area contributed by atoms with Crippen molar-refractivity contribution in [1.82, 2.24) is 5.32 Å². The van der Waals surface area contributed by atoms with Crippen LogP contribution < -0.4 is 35.0 Å². The van der Waals surface area contributed by atoms with Gasteiger partial charge < -0.3 is 29.6 Å². The minimum absolute atomic E-state index is 0.167. The Morgan fingerprint density at radius 3 is 2.19 bits per heavy atom. The Morgan fingerprint density at radius 1 is 0.892 bits per heavy atom. The highest BCUT2D eigenvalue weighted by Crippen LogP contribution is 2.50. The van der Waals surface area contributed by atoms with E-state index in [4.69, 9.17) is 42.1 Å². The number of hydrogen-bond donors (Lipinski definition) is 2. The molecule has 3 aromatic carbocycles. The molecule has 0 spiro atoms. The second-order valence-electron chi connectivity index (χ2n) is 8.25. The second-order valence-corrected chi connectivity index (χ2v) is 9.06. The van der Waals surface area contributed by atoms with E-state index in [2.05, 4.69) is 10.6 Å². The molecule has 8 nitrogen and oxygen atoms in total. The lowest BCUT2D eigenvalue weighted by molar-refractivity contribution is 0.248. The quantitative estimate of drug-likeness (QED) is 0.403.